The van der Waals surface area contributed by atoms with E-state index >= 15 is 0 Å². The first kappa shape index (κ1) is 33.1. The van der Waals surface area contributed by atoms with E-state index in [2.05, 4.69) is 179 Å². The SMILES string of the molecule is CCc1cc(C(C)(C)C)cc2ccc3c(-c4cccc(-n5c6ccccc6c6ccccc65)c4)cc(C4C=CC(c5cccnc5)=CC4C)c(C)c3c12. The minimum Gasteiger partial charge on any atom is -0.309 e. The fourth-order valence-electron chi connectivity index (χ4n) is 8.90. The molecular formula is C51H46N2. The van der Waals surface area contributed by atoms with Gasteiger partial charge >= 0.3 is 0 Å². The molecule has 0 aliphatic heterocycles. The lowest BCUT2D eigenvalue weighted by Crippen LogP contribution is -2.12. The summed E-state index contributed by atoms with van der Waals surface area (Å²) in [6.07, 6.45) is 12.0. The maximum Gasteiger partial charge on any atom is 0.0541 e. The van der Waals surface area contributed by atoms with Crippen LogP contribution in [-0.4, -0.2) is 9.55 Å². The van der Waals surface area contributed by atoms with Crippen LogP contribution < -0.4 is 0 Å². The van der Waals surface area contributed by atoms with Gasteiger partial charge in [-0.2, -0.15) is 0 Å². The van der Waals surface area contributed by atoms with E-state index in [-0.39, 0.29) is 11.3 Å². The Bertz CT molecular complexity index is 2720. The summed E-state index contributed by atoms with van der Waals surface area (Å²) in [5, 5.41) is 7.99. The number of hydrogen-bond acceptors (Lipinski definition) is 1. The molecule has 53 heavy (non-hydrogen) atoms. The van der Waals surface area contributed by atoms with Gasteiger partial charge in [0, 0.05) is 34.8 Å². The number of fused-ring (bicyclic) bond motifs is 6. The molecule has 8 aromatic rings. The van der Waals surface area contributed by atoms with Crippen LogP contribution in [0.15, 0.2) is 146 Å². The van der Waals surface area contributed by atoms with E-state index in [1.165, 1.54) is 93.6 Å². The van der Waals surface area contributed by atoms with Crippen molar-refractivity contribution in [1.82, 2.24) is 9.55 Å². The van der Waals surface area contributed by atoms with E-state index in [1.54, 1.807) is 0 Å². The van der Waals surface area contributed by atoms with E-state index in [9.17, 15) is 0 Å². The average Bonchev–Trinajstić information content (AvgIpc) is 3.52. The van der Waals surface area contributed by atoms with Crippen LogP contribution in [0.1, 0.15) is 68.4 Å². The monoisotopic (exact) mass is 686 g/mol. The molecule has 9 rings (SSSR count). The zero-order chi connectivity index (χ0) is 36.4. The fraction of sp³-hybridized carbons (Fsp3) is 0.196. The van der Waals surface area contributed by atoms with Crippen LogP contribution in [0.3, 0.4) is 0 Å². The van der Waals surface area contributed by atoms with E-state index in [4.69, 9.17) is 0 Å². The van der Waals surface area contributed by atoms with Crippen LogP contribution in [0.4, 0.5) is 0 Å². The maximum absolute atomic E-state index is 4.40. The average molecular weight is 687 g/mol. The number of hydrogen-bond donors (Lipinski definition) is 0. The lowest BCUT2D eigenvalue weighted by atomic mass is 9.76. The minimum absolute atomic E-state index is 0.0724. The molecule has 0 saturated carbocycles. The Labute approximate surface area is 313 Å². The van der Waals surface area contributed by atoms with Crippen molar-refractivity contribution in [2.45, 2.75) is 59.3 Å². The Balaban J connectivity index is 1.30. The number of nitrogens with zero attached hydrogens (tertiary/aromatic N) is 2. The molecule has 2 aromatic heterocycles. The van der Waals surface area contributed by atoms with Crippen molar-refractivity contribution in [3.8, 4) is 16.8 Å². The zero-order valence-electron chi connectivity index (χ0n) is 31.6. The summed E-state index contributed by atoms with van der Waals surface area (Å²) >= 11 is 0. The van der Waals surface area contributed by atoms with Crippen molar-refractivity contribution in [2.75, 3.05) is 0 Å². The zero-order valence-corrected chi connectivity index (χ0v) is 31.6. The highest BCUT2D eigenvalue weighted by Crippen LogP contribution is 2.45. The molecule has 0 radical (unpaired) electrons. The van der Waals surface area contributed by atoms with Gasteiger partial charge in [-0.15, -0.1) is 0 Å². The van der Waals surface area contributed by atoms with Crippen LogP contribution in [0.5, 0.6) is 0 Å². The molecule has 0 N–H and O–H groups in total. The number of rotatable bonds is 5. The van der Waals surface area contributed by atoms with Gasteiger partial charge in [0.05, 0.1) is 11.0 Å². The van der Waals surface area contributed by atoms with E-state index in [0.717, 1.165) is 6.42 Å². The standard InChI is InChI=1S/C51H46N2/c1-7-34-27-39(51(4,5)6)28-37-22-24-44-46(36-14-12-16-40(29-36)53-47-19-10-8-17-42(47)43-18-9-11-20-48(43)53)30-45(33(3)49(44)50(34)37)41-23-21-35(26-32(41)2)38-15-13-25-52-31-38/h8-32,41H,7H2,1-6H3. The molecule has 1 aliphatic rings. The third-order valence-electron chi connectivity index (χ3n) is 11.7. The lowest BCUT2D eigenvalue weighted by molar-refractivity contribution is 0.590. The van der Waals surface area contributed by atoms with E-state index in [0.29, 0.717) is 5.92 Å². The van der Waals surface area contributed by atoms with Crippen molar-refractivity contribution >= 4 is 48.9 Å². The quantitative estimate of drug-likeness (QED) is 0.165. The molecule has 2 atom stereocenters. The summed E-state index contributed by atoms with van der Waals surface area (Å²) in [4.78, 5) is 4.40. The van der Waals surface area contributed by atoms with Crippen molar-refractivity contribution in [1.29, 1.82) is 0 Å². The first-order valence-electron chi connectivity index (χ1n) is 19.1. The van der Waals surface area contributed by atoms with Crippen molar-refractivity contribution in [3.63, 3.8) is 0 Å². The van der Waals surface area contributed by atoms with Crippen LogP contribution in [0.2, 0.25) is 0 Å². The van der Waals surface area contributed by atoms with Gasteiger partial charge in [-0.3, -0.25) is 4.98 Å². The minimum atomic E-state index is 0.0724. The molecule has 260 valence electrons. The summed E-state index contributed by atoms with van der Waals surface area (Å²) < 4.78 is 2.43. The highest BCUT2D eigenvalue weighted by Gasteiger charge is 2.26. The first-order valence-corrected chi connectivity index (χ1v) is 19.1. The third kappa shape index (κ3) is 5.51. The van der Waals surface area contributed by atoms with Gasteiger partial charge in [0.15, 0.2) is 0 Å². The molecule has 2 heteroatoms. The predicted molar refractivity (Wildman–Crippen MR) is 227 cm³/mol. The summed E-state index contributed by atoms with van der Waals surface area (Å²) in [6, 6.07) is 43.1. The Morgan fingerprint density at radius 2 is 1.45 bits per heavy atom. The number of aryl methyl sites for hydroxylation is 2. The number of allylic oxidation sites excluding steroid dienone is 4. The molecule has 0 spiro atoms. The highest BCUT2D eigenvalue weighted by molar-refractivity contribution is 6.16. The summed E-state index contributed by atoms with van der Waals surface area (Å²) in [7, 11) is 0. The molecule has 0 saturated heterocycles. The Hall–Kier alpha value is -5.73. The molecule has 2 heterocycles. The van der Waals surface area contributed by atoms with Crippen molar-refractivity contribution < 1.29 is 0 Å². The van der Waals surface area contributed by atoms with Crippen molar-refractivity contribution in [3.05, 3.63) is 174 Å². The van der Waals surface area contributed by atoms with Crippen LogP contribution in [0.25, 0.3) is 65.7 Å². The second-order valence-corrected chi connectivity index (χ2v) is 16.0. The molecule has 2 nitrogen and oxygen atoms in total. The number of aromatic nitrogens is 2. The van der Waals surface area contributed by atoms with Crippen molar-refractivity contribution in [2.24, 2.45) is 5.92 Å². The molecule has 0 bridgehead atoms. The largest absolute Gasteiger partial charge is 0.309 e. The van der Waals surface area contributed by atoms with E-state index < -0.39 is 0 Å². The molecule has 0 amide bonds. The van der Waals surface area contributed by atoms with Crippen LogP contribution >= 0.6 is 0 Å². The Morgan fingerprint density at radius 1 is 0.717 bits per heavy atom. The normalized spacial score (nSPS) is 16.2. The van der Waals surface area contributed by atoms with Gasteiger partial charge in [-0.1, -0.05) is 132 Å². The number of para-hydroxylation sites is 2. The summed E-state index contributed by atoms with van der Waals surface area (Å²) in [6.45, 7) is 14.0. The number of pyridine rings is 1. The topological polar surface area (TPSA) is 17.8 Å². The van der Waals surface area contributed by atoms with E-state index in [1.807, 2.05) is 18.5 Å². The molecule has 0 fully saturated rings. The number of benzene rings is 6. The summed E-state index contributed by atoms with van der Waals surface area (Å²) in [5.74, 6) is 0.560. The van der Waals surface area contributed by atoms with Crippen LogP contribution in [0, 0.1) is 12.8 Å². The van der Waals surface area contributed by atoms with Crippen LogP contribution in [-0.2, 0) is 11.8 Å². The molecular weight excluding hydrogens is 641 g/mol. The van der Waals surface area contributed by atoms with Gasteiger partial charge in [-0.25, -0.2) is 0 Å². The van der Waals surface area contributed by atoms with Gasteiger partial charge in [0.2, 0.25) is 0 Å². The molecule has 2 unspecified atom stereocenters. The maximum atomic E-state index is 4.40. The third-order valence-corrected chi connectivity index (χ3v) is 11.7. The van der Waals surface area contributed by atoms with Gasteiger partial charge in [-0.05, 0) is 127 Å². The highest BCUT2D eigenvalue weighted by atomic mass is 15.0. The van der Waals surface area contributed by atoms with Gasteiger partial charge in [0.25, 0.3) is 0 Å². The van der Waals surface area contributed by atoms with Gasteiger partial charge in [0.1, 0.15) is 0 Å². The summed E-state index contributed by atoms with van der Waals surface area (Å²) in [5.41, 5.74) is 14.2. The first-order chi connectivity index (χ1) is 25.7. The molecule has 6 aromatic carbocycles. The smallest absolute Gasteiger partial charge is 0.0541 e. The second kappa shape index (κ2) is 12.7. The predicted octanol–water partition coefficient (Wildman–Crippen LogP) is 13.7. The Kier molecular flexibility index (Phi) is 7.96. The lowest BCUT2D eigenvalue weighted by Gasteiger charge is -2.28. The second-order valence-electron chi connectivity index (χ2n) is 16.0. The Morgan fingerprint density at radius 3 is 2.13 bits per heavy atom. The fourth-order valence-corrected chi connectivity index (χ4v) is 8.90. The molecule has 1 aliphatic carbocycles. The van der Waals surface area contributed by atoms with Gasteiger partial charge < -0.3 is 4.57 Å².